The number of aromatic nitrogens is 1. The molecule has 0 spiro atoms. The number of primary amides is 1. The Morgan fingerprint density at radius 3 is 2.62 bits per heavy atom. The minimum atomic E-state index is -0.557. The van der Waals surface area contributed by atoms with E-state index >= 15 is 0 Å². The van der Waals surface area contributed by atoms with Crippen LogP contribution in [0.5, 0.6) is 5.75 Å². The fourth-order valence-corrected chi connectivity index (χ4v) is 2.29. The van der Waals surface area contributed by atoms with Crippen LogP contribution in [0.15, 0.2) is 30.5 Å². The highest BCUT2D eigenvalue weighted by Gasteiger charge is 2.08. The Morgan fingerprint density at radius 1 is 1.29 bits per heavy atom. The number of nitrogens with two attached hydrogens (primary N) is 2. The zero-order chi connectivity index (χ0) is 15.4. The molecule has 5 nitrogen and oxygen atoms in total. The number of carbonyl (C=O) groups excluding carboxylic acids is 1. The number of amides is 1. The lowest BCUT2D eigenvalue weighted by Crippen LogP contribution is -2.13. The van der Waals surface area contributed by atoms with Crippen molar-refractivity contribution in [3.8, 4) is 5.75 Å². The van der Waals surface area contributed by atoms with Crippen molar-refractivity contribution in [2.75, 3.05) is 12.3 Å². The number of hydrogen-bond acceptors (Lipinski definition) is 4. The molecule has 0 fully saturated rings. The Bertz CT molecular complexity index is 637. The van der Waals surface area contributed by atoms with Crippen molar-refractivity contribution in [2.45, 2.75) is 6.42 Å². The molecule has 2 rings (SSSR count). The maximum absolute atomic E-state index is 10.9. The fraction of sp³-hybridized carbons (Fsp3) is 0.143. The van der Waals surface area contributed by atoms with Crippen LogP contribution >= 0.6 is 23.2 Å². The zero-order valence-corrected chi connectivity index (χ0v) is 12.5. The molecule has 0 aliphatic heterocycles. The highest BCUT2D eigenvalue weighted by molar-refractivity contribution is 6.36. The monoisotopic (exact) mass is 325 g/mol. The summed E-state index contributed by atoms with van der Waals surface area (Å²) in [4.78, 5) is 14.9. The van der Waals surface area contributed by atoms with Crippen LogP contribution in [0.4, 0.5) is 5.69 Å². The number of halogens is 2. The first-order chi connectivity index (χ1) is 9.97. The van der Waals surface area contributed by atoms with E-state index in [4.69, 9.17) is 39.4 Å². The van der Waals surface area contributed by atoms with E-state index in [2.05, 4.69) is 4.98 Å². The summed E-state index contributed by atoms with van der Waals surface area (Å²) in [6, 6.07) is 6.48. The molecule has 110 valence electrons. The van der Waals surface area contributed by atoms with Crippen LogP contribution < -0.4 is 16.2 Å². The van der Waals surface area contributed by atoms with Crippen LogP contribution in [0, 0.1) is 0 Å². The average molecular weight is 326 g/mol. The molecule has 0 bridgehead atoms. The molecule has 1 heterocycles. The van der Waals surface area contributed by atoms with Gasteiger partial charge in [0, 0.05) is 17.6 Å². The van der Waals surface area contributed by atoms with Gasteiger partial charge in [-0.05, 0) is 23.8 Å². The third-order valence-corrected chi connectivity index (χ3v) is 3.25. The van der Waals surface area contributed by atoms with Crippen molar-refractivity contribution < 1.29 is 9.53 Å². The number of rotatable bonds is 5. The molecule has 1 aromatic heterocycles. The number of nitrogens with zero attached hydrogens (tertiary/aromatic N) is 1. The molecule has 7 heteroatoms. The van der Waals surface area contributed by atoms with E-state index in [0.29, 0.717) is 34.5 Å². The van der Waals surface area contributed by atoms with Crippen molar-refractivity contribution in [3.05, 3.63) is 51.8 Å². The number of hydrogen-bond donors (Lipinski definition) is 2. The van der Waals surface area contributed by atoms with Crippen LogP contribution in [0.3, 0.4) is 0 Å². The quantitative estimate of drug-likeness (QED) is 0.827. The number of carbonyl (C=O) groups is 1. The van der Waals surface area contributed by atoms with Crippen LogP contribution in [0.2, 0.25) is 10.0 Å². The Balaban J connectivity index is 1.97. The summed E-state index contributed by atoms with van der Waals surface area (Å²) < 4.78 is 5.57. The van der Waals surface area contributed by atoms with Crippen LogP contribution in [0.1, 0.15) is 16.1 Å². The molecule has 2 aromatic rings. The van der Waals surface area contributed by atoms with E-state index in [-0.39, 0.29) is 5.69 Å². The zero-order valence-electron chi connectivity index (χ0n) is 11.0. The number of benzene rings is 1. The normalized spacial score (nSPS) is 10.4. The first-order valence-electron chi connectivity index (χ1n) is 6.09. The van der Waals surface area contributed by atoms with Gasteiger partial charge in [-0.3, -0.25) is 9.78 Å². The van der Waals surface area contributed by atoms with Gasteiger partial charge in [0.25, 0.3) is 5.91 Å². The Labute approximate surface area is 131 Å². The molecule has 21 heavy (non-hydrogen) atoms. The van der Waals surface area contributed by atoms with Gasteiger partial charge < -0.3 is 16.2 Å². The third-order valence-electron chi connectivity index (χ3n) is 2.75. The summed E-state index contributed by atoms with van der Waals surface area (Å²) in [6.07, 6.45) is 2.17. The lowest BCUT2D eigenvalue weighted by molar-refractivity contribution is 0.0995. The highest BCUT2D eigenvalue weighted by atomic mass is 35.5. The molecule has 0 atom stereocenters. The van der Waals surface area contributed by atoms with Crippen LogP contribution in [0.25, 0.3) is 0 Å². The standard InChI is InChI=1S/C14H13Cl2N3O2/c15-9-5-10(16)13(11(17)6-9)21-4-3-8-1-2-12(14(18)20)19-7-8/h1-2,5-7H,3-4,17H2,(H2,18,20). The lowest BCUT2D eigenvalue weighted by atomic mass is 10.2. The second-order valence-corrected chi connectivity index (χ2v) is 5.16. The largest absolute Gasteiger partial charge is 0.490 e. The van der Waals surface area contributed by atoms with Gasteiger partial charge in [-0.25, -0.2) is 0 Å². The fourth-order valence-electron chi connectivity index (χ4n) is 1.72. The van der Waals surface area contributed by atoms with Gasteiger partial charge in [0.15, 0.2) is 5.75 Å². The first-order valence-corrected chi connectivity index (χ1v) is 6.85. The van der Waals surface area contributed by atoms with Crippen LogP contribution in [-0.2, 0) is 6.42 Å². The van der Waals surface area contributed by atoms with Crippen molar-refractivity contribution in [3.63, 3.8) is 0 Å². The minimum absolute atomic E-state index is 0.227. The molecule has 1 aromatic carbocycles. The van der Waals surface area contributed by atoms with Crippen molar-refractivity contribution >= 4 is 34.8 Å². The molecule has 0 aliphatic rings. The number of pyridine rings is 1. The summed E-state index contributed by atoms with van der Waals surface area (Å²) in [5.74, 6) is -0.152. The second kappa shape index (κ2) is 6.65. The molecular formula is C14H13Cl2N3O2. The van der Waals surface area contributed by atoms with E-state index in [1.165, 1.54) is 0 Å². The maximum Gasteiger partial charge on any atom is 0.267 e. The van der Waals surface area contributed by atoms with Gasteiger partial charge in [0.05, 0.1) is 17.3 Å². The summed E-state index contributed by atoms with van der Waals surface area (Å²) in [5.41, 5.74) is 12.4. The summed E-state index contributed by atoms with van der Waals surface area (Å²) in [6.45, 7) is 0.364. The number of ether oxygens (including phenoxy) is 1. The molecule has 0 unspecified atom stereocenters. The molecule has 0 aliphatic carbocycles. The summed E-state index contributed by atoms with van der Waals surface area (Å²) in [5, 5.41) is 0.818. The van der Waals surface area contributed by atoms with Gasteiger partial charge in [0.2, 0.25) is 0 Å². The SMILES string of the molecule is NC(=O)c1ccc(CCOc2c(N)cc(Cl)cc2Cl)cn1. The van der Waals surface area contributed by atoms with E-state index < -0.39 is 5.91 Å². The van der Waals surface area contributed by atoms with Crippen LogP contribution in [-0.4, -0.2) is 17.5 Å². The second-order valence-electron chi connectivity index (χ2n) is 4.32. The Hall–Kier alpha value is -1.98. The van der Waals surface area contributed by atoms with E-state index in [1.807, 2.05) is 0 Å². The van der Waals surface area contributed by atoms with Gasteiger partial charge in [-0.15, -0.1) is 0 Å². The summed E-state index contributed by atoms with van der Waals surface area (Å²) in [7, 11) is 0. The number of nitrogen functional groups attached to an aromatic ring is 1. The van der Waals surface area contributed by atoms with Crippen molar-refractivity contribution in [1.29, 1.82) is 0 Å². The molecular weight excluding hydrogens is 313 g/mol. The minimum Gasteiger partial charge on any atom is -0.490 e. The first kappa shape index (κ1) is 15.4. The maximum atomic E-state index is 10.9. The average Bonchev–Trinajstić information content (AvgIpc) is 2.42. The molecule has 4 N–H and O–H groups in total. The topological polar surface area (TPSA) is 91.2 Å². The van der Waals surface area contributed by atoms with Crippen molar-refractivity contribution in [2.24, 2.45) is 5.73 Å². The van der Waals surface area contributed by atoms with E-state index in [0.717, 1.165) is 5.56 Å². The van der Waals surface area contributed by atoms with Gasteiger partial charge in [-0.1, -0.05) is 29.3 Å². The Kier molecular flexibility index (Phi) is 4.88. The Morgan fingerprint density at radius 2 is 2.05 bits per heavy atom. The highest BCUT2D eigenvalue weighted by Crippen LogP contribution is 2.34. The number of anilines is 1. The molecule has 0 saturated carbocycles. The molecule has 0 saturated heterocycles. The van der Waals surface area contributed by atoms with Gasteiger partial charge in [0.1, 0.15) is 5.69 Å². The summed E-state index contributed by atoms with van der Waals surface area (Å²) >= 11 is 11.8. The van der Waals surface area contributed by atoms with E-state index in [1.54, 1.807) is 30.5 Å². The van der Waals surface area contributed by atoms with E-state index in [9.17, 15) is 4.79 Å². The lowest BCUT2D eigenvalue weighted by Gasteiger charge is -2.11. The van der Waals surface area contributed by atoms with Gasteiger partial charge in [-0.2, -0.15) is 0 Å². The predicted molar refractivity (Wildman–Crippen MR) is 82.8 cm³/mol. The molecule has 0 radical (unpaired) electrons. The molecule has 1 amide bonds. The van der Waals surface area contributed by atoms with Crippen molar-refractivity contribution in [1.82, 2.24) is 4.98 Å². The van der Waals surface area contributed by atoms with Gasteiger partial charge >= 0.3 is 0 Å². The smallest absolute Gasteiger partial charge is 0.267 e. The predicted octanol–water partition coefficient (Wildman–Crippen LogP) is 2.69. The third kappa shape index (κ3) is 4.00.